The molecular weight excluding hydrogens is 358 g/mol. The van der Waals surface area contributed by atoms with Gasteiger partial charge in [-0.1, -0.05) is 24.9 Å². The molecule has 2 amide bonds. The number of halogens is 1. The topological polar surface area (TPSA) is 62.3 Å². The molecule has 7 heteroatoms. The van der Waals surface area contributed by atoms with Gasteiger partial charge in [0.2, 0.25) is 5.91 Å². The van der Waals surface area contributed by atoms with Crippen LogP contribution in [0.3, 0.4) is 0 Å². The smallest absolute Gasteiger partial charge is 0.254 e. The number of nitrogens with zero attached hydrogens (tertiary/aromatic N) is 2. The number of piperidine rings is 1. The highest BCUT2D eigenvalue weighted by Gasteiger charge is 2.32. The molecule has 1 saturated heterocycles. The predicted molar refractivity (Wildman–Crippen MR) is 103 cm³/mol. The van der Waals surface area contributed by atoms with Gasteiger partial charge in [-0.2, -0.15) is 11.8 Å². The molecule has 1 aliphatic heterocycles. The minimum atomic E-state index is -0.00868. The van der Waals surface area contributed by atoms with E-state index in [4.69, 9.17) is 11.6 Å². The fourth-order valence-electron chi connectivity index (χ4n) is 3.32. The van der Waals surface area contributed by atoms with Crippen molar-refractivity contribution in [2.24, 2.45) is 11.8 Å². The lowest BCUT2D eigenvalue weighted by Gasteiger charge is -2.38. The minimum Gasteiger partial charge on any atom is -0.355 e. The Labute approximate surface area is 158 Å². The standard InChI is InChI=1S/C18H26ClN3O2S/c1-3-13-12-22(18(24)15-4-6-20-16(19)10-15)8-5-14(13)11-17(23)21-7-9-25-2/h4,6,10,13-14H,3,5,7-9,11-12H2,1-2H3,(H,21,23)/t13-,14+/m1/s1. The Morgan fingerprint density at radius 1 is 1.44 bits per heavy atom. The maximum atomic E-state index is 12.7. The van der Waals surface area contributed by atoms with Crippen LogP contribution < -0.4 is 5.32 Å². The molecule has 0 aliphatic carbocycles. The highest BCUT2D eigenvalue weighted by Crippen LogP contribution is 2.29. The van der Waals surface area contributed by atoms with Gasteiger partial charge in [0.15, 0.2) is 0 Å². The largest absolute Gasteiger partial charge is 0.355 e. The number of hydrogen-bond donors (Lipinski definition) is 1. The molecule has 2 atom stereocenters. The van der Waals surface area contributed by atoms with Crippen LogP contribution in [-0.2, 0) is 4.79 Å². The minimum absolute atomic E-state index is 0.00868. The molecule has 25 heavy (non-hydrogen) atoms. The zero-order chi connectivity index (χ0) is 18.2. The molecule has 1 aromatic rings. The van der Waals surface area contributed by atoms with Gasteiger partial charge in [0.05, 0.1) is 0 Å². The van der Waals surface area contributed by atoms with Gasteiger partial charge in [0.1, 0.15) is 5.15 Å². The quantitative estimate of drug-likeness (QED) is 0.580. The Morgan fingerprint density at radius 2 is 2.24 bits per heavy atom. The summed E-state index contributed by atoms with van der Waals surface area (Å²) in [5, 5.41) is 3.31. The average Bonchev–Trinajstić information content (AvgIpc) is 2.61. The number of amides is 2. The van der Waals surface area contributed by atoms with Crippen LogP contribution in [0.2, 0.25) is 5.15 Å². The summed E-state index contributed by atoms with van der Waals surface area (Å²) in [6, 6.07) is 3.30. The van der Waals surface area contributed by atoms with Crippen molar-refractivity contribution in [1.82, 2.24) is 15.2 Å². The van der Waals surface area contributed by atoms with E-state index in [0.717, 1.165) is 25.1 Å². The van der Waals surface area contributed by atoms with Gasteiger partial charge in [-0.25, -0.2) is 4.98 Å². The number of carbonyl (C=O) groups excluding carboxylic acids is 2. The SMILES string of the molecule is CC[C@@H]1CN(C(=O)c2ccnc(Cl)c2)CC[C@H]1CC(=O)NCCSC. The Morgan fingerprint density at radius 3 is 2.92 bits per heavy atom. The van der Waals surface area contributed by atoms with Gasteiger partial charge in [0.25, 0.3) is 5.91 Å². The highest BCUT2D eigenvalue weighted by atomic mass is 35.5. The third-order valence-electron chi connectivity index (χ3n) is 4.75. The zero-order valence-corrected chi connectivity index (χ0v) is 16.4. The van der Waals surface area contributed by atoms with Crippen molar-refractivity contribution in [3.8, 4) is 0 Å². The van der Waals surface area contributed by atoms with E-state index >= 15 is 0 Å². The van der Waals surface area contributed by atoms with E-state index in [-0.39, 0.29) is 11.8 Å². The number of rotatable bonds is 7. The molecule has 0 aromatic carbocycles. The third-order valence-corrected chi connectivity index (χ3v) is 5.57. The van der Waals surface area contributed by atoms with Gasteiger partial charge >= 0.3 is 0 Å². The van der Waals surface area contributed by atoms with Gasteiger partial charge < -0.3 is 10.2 Å². The molecular formula is C18H26ClN3O2S. The van der Waals surface area contributed by atoms with Crippen LogP contribution in [0.1, 0.15) is 36.5 Å². The number of likely N-dealkylation sites (tertiary alicyclic amines) is 1. The first-order valence-corrected chi connectivity index (χ1v) is 10.5. The molecule has 0 saturated carbocycles. The summed E-state index contributed by atoms with van der Waals surface area (Å²) in [6.07, 6.45) is 5.96. The van der Waals surface area contributed by atoms with Crippen LogP contribution in [-0.4, -0.2) is 53.3 Å². The summed E-state index contributed by atoms with van der Waals surface area (Å²) < 4.78 is 0. The number of carbonyl (C=O) groups is 2. The van der Waals surface area contributed by atoms with Crippen molar-refractivity contribution in [2.45, 2.75) is 26.2 Å². The Kier molecular flexibility index (Phi) is 8.03. The van der Waals surface area contributed by atoms with Crippen LogP contribution in [0, 0.1) is 11.8 Å². The summed E-state index contributed by atoms with van der Waals surface area (Å²) in [4.78, 5) is 30.6. The molecule has 0 radical (unpaired) electrons. The Balaban J connectivity index is 1.92. The molecule has 0 unspecified atom stereocenters. The first kappa shape index (κ1) is 20.0. The van der Waals surface area contributed by atoms with Crippen molar-refractivity contribution in [3.63, 3.8) is 0 Å². The summed E-state index contributed by atoms with van der Waals surface area (Å²) in [7, 11) is 0. The molecule has 5 nitrogen and oxygen atoms in total. The number of pyridine rings is 1. The van der Waals surface area contributed by atoms with Crippen molar-refractivity contribution in [3.05, 3.63) is 29.0 Å². The lowest BCUT2D eigenvalue weighted by atomic mass is 9.81. The second kappa shape index (κ2) is 10.0. The van der Waals surface area contributed by atoms with Gasteiger partial charge in [0, 0.05) is 43.6 Å². The number of hydrogen-bond acceptors (Lipinski definition) is 4. The second-order valence-corrected chi connectivity index (χ2v) is 7.76. The second-order valence-electron chi connectivity index (χ2n) is 6.38. The first-order valence-electron chi connectivity index (χ1n) is 8.71. The average molecular weight is 384 g/mol. The zero-order valence-electron chi connectivity index (χ0n) is 14.8. The van der Waals surface area contributed by atoms with E-state index in [9.17, 15) is 9.59 Å². The van der Waals surface area contributed by atoms with E-state index in [1.807, 2.05) is 11.2 Å². The molecule has 1 aromatic heterocycles. The third kappa shape index (κ3) is 5.89. The fourth-order valence-corrected chi connectivity index (χ4v) is 3.80. The van der Waals surface area contributed by atoms with Crippen molar-refractivity contribution in [2.75, 3.05) is 31.6 Å². The van der Waals surface area contributed by atoms with Crippen LogP contribution >= 0.6 is 23.4 Å². The molecule has 1 fully saturated rings. The van der Waals surface area contributed by atoms with E-state index in [1.165, 1.54) is 0 Å². The van der Waals surface area contributed by atoms with E-state index in [0.29, 0.717) is 42.1 Å². The summed E-state index contributed by atoms with van der Waals surface area (Å²) in [6.45, 7) is 4.22. The molecule has 1 aliphatic rings. The number of thioether (sulfide) groups is 1. The molecule has 138 valence electrons. The summed E-state index contributed by atoms with van der Waals surface area (Å²) in [5.74, 6) is 1.74. The van der Waals surface area contributed by atoms with Crippen LogP contribution in [0.15, 0.2) is 18.3 Å². The number of aromatic nitrogens is 1. The van der Waals surface area contributed by atoms with Gasteiger partial charge in [-0.05, 0) is 36.6 Å². The molecule has 0 spiro atoms. The van der Waals surface area contributed by atoms with Gasteiger partial charge in [-0.3, -0.25) is 9.59 Å². The maximum absolute atomic E-state index is 12.7. The lowest BCUT2D eigenvalue weighted by Crippen LogP contribution is -2.45. The molecule has 2 rings (SSSR count). The molecule has 1 N–H and O–H groups in total. The Hall–Kier alpha value is -1.27. The van der Waals surface area contributed by atoms with Crippen molar-refractivity contribution < 1.29 is 9.59 Å². The Bertz CT molecular complexity index is 599. The first-order chi connectivity index (χ1) is 12.0. The van der Waals surface area contributed by atoms with Crippen molar-refractivity contribution in [1.29, 1.82) is 0 Å². The van der Waals surface area contributed by atoms with E-state index in [1.54, 1.807) is 30.1 Å². The van der Waals surface area contributed by atoms with E-state index in [2.05, 4.69) is 17.2 Å². The molecule has 0 bridgehead atoms. The van der Waals surface area contributed by atoms with Crippen LogP contribution in [0.5, 0.6) is 0 Å². The summed E-state index contributed by atoms with van der Waals surface area (Å²) >= 11 is 7.61. The normalized spacial score (nSPS) is 20.4. The van der Waals surface area contributed by atoms with Gasteiger partial charge in [-0.15, -0.1) is 0 Å². The van der Waals surface area contributed by atoms with E-state index < -0.39 is 0 Å². The fraction of sp³-hybridized carbons (Fsp3) is 0.611. The summed E-state index contributed by atoms with van der Waals surface area (Å²) in [5.41, 5.74) is 0.572. The van der Waals surface area contributed by atoms with Crippen LogP contribution in [0.4, 0.5) is 0 Å². The molecule has 2 heterocycles. The van der Waals surface area contributed by atoms with Crippen LogP contribution in [0.25, 0.3) is 0 Å². The maximum Gasteiger partial charge on any atom is 0.254 e. The number of nitrogens with one attached hydrogen (secondary N) is 1. The van der Waals surface area contributed by atoms with Crippen molar-refractivity contribution >= 4 is 35.2 Å². The predicted octanol–water partition coefficient (Wildman–Crippen LogP) is 3.09. The highest BCUT2D eigenvalue weighted by molar-refractivity contribution is 7.98. The monoisotopic (exact) mass is 383 g/mol. The lowest BCUT2D eigenvalue weighted by molar-refractivity contribution is -0.122.